The van der Waals surface area contributed by atoms with Crippen LogP contribution in [0.1, 0.15) is 25.3 Å². The lowest BCUT2D eigenvalue weighted by Gasteiger charge is -2.19. The number of rotatable bonds is 4. The summed E-state index contributed by atoms with van der Waals surface area (Å²) in [6.45, 7) is 7.85. The summed E-state index contributed by atoms with van der Waals surface area (Å²) in [6, 6.07) is 9.54. The zero-order chi connectivity index (χ0) is 11.4. The smallest absolute Gasteiger partial charge is 0.0366 e. The lowest BCUT2D eigenvalue weighted by molar-refractivity contribution is 0.549. The topological polar surface area (TPSA) is 15.3 Å². The fourth-order valence-electron chi connectivity index (χ4n) is 2.27. The molecule has 2 nitrogen and oxygen atoms in total. The summed E-state index contributed by atoms with van der Waals surface area (Å²) in [7, 11) is 0. The molecule has 0 spiro atoms. The molecule has 1 atom stereocenters. The monoisotopic (exact) mass is 218 g/mol. The molecule has 1 heterocycles. The summed E-state index contributed by atoms with van der Waals surface area (Å²) in [5.41, 5.74) is 2.70. The Hall–Kier alpha value is -1.02. The van der Waals surface area contributed by atoms with Crippen LogP contribution in [-0.2, 0) is 0 Å². The molecule has 0 saturated carbocycles. The van der Waals surface area contributed by atoms with E-state index < -0.39 is 0 Å². The Balaban J connectivity index is 1.90. The minimum absolute atomic E-state index is 0.682. The molecule has 1 aromatic rings. The van der Waals surface area contributed by atoms with E-state index in [0.29, 0.717) is 6.04 Å². The summed E-state index contributed by atoms with van der Waals surface area (Å²) in [5.74, 6) is 0. The van der Waals surface area contributed by atoms with E-state index in [1.54, 1.807) is 0 Å². The van der Waals surface area contributed by atoms with Gasteiger partial charge in [-0.15, -0.1) is 0 Å². The van der Waals surface area contributed by atoms with Crippen LogP contribution >= 0.6 is 0 Å². The van der Waals surface area contributed by atoms with E-state index in [4.69, 9.17) is 0 Å². The summed E-state index contributed by atoms with van der Waals surface area (Å²) in [6.07, 6.45) is 2.49. The molecule has 2 rings (SSSR count). The molecular weight excluding hydrogens is 196 g/mol. The van der Waals surface area contributed by atoms with Gasteiger partial charge in [0, 0.05) is 24.8 Å². The van der Waals surface area contributed by atoms with Crippen molar-refractivity contribution in [1.82, 2.24) is 5.32 Å². The average molecular weight is 218 g/mol. The molecule has 2 heteroatoms. The number of hydrogen-bond donors (Lipinski definition) is 1. The first kappa shape index (κ1) is 11.5. The maximum atomic E-state index is 3.60. The van der Waals surface area contributed by atoms with E-state index in [1.165, 1.54) is 30.6 Å². The summed E-state index contributed by atoms with van der Waals surface area (Å²) in [4.78, 5) is 2.48. The van der Waals surface area contributed by atoms with Gasteiger partial charge in [-0.25, -0.2) is 0 Å². The third-order valence-electron chi connectivity index (χ3n) is 3.27. The van der Waals surface area contributed by atoms with Gasteiger partial charge in [0.25, 0.3) is 0 Å². The quantitative estimate of drug-likeness (QED) is 0.835. The molecule has 1 fully saturated rings. The summed E-state index contributed by atoms with van der Waals surface area (Å²) >= 11 is 0. The number of anilines is 1. The molecule has 1 N–H and O–H groups in total. The van der Waals surface area contributed by atoms with E-state index in [-0.39, 0.29) is 0 Å². The minimum atomic E-state index is 0.682. The second-order valence-electron chi connectivity index (χ2n) is 4.72. The Kier molecular flexibility index (Phi) is 3.83. The molecule has 0 aliphatic carbocycles. The van der Waals surface area contributed by atoms with Gasteiger partial charge in [-0.1, -0.05) is 24.6 Å². The van der Waals surface area contributed by atoms with E-state index in [2.05, 4.69) is 48.3 Å². The molecule has 0 aromatic heterocycles. The van der Waals surface area contributed by atoms with Crippen molar-refractivity contribution in [2.45, 2.75) is 32.7 Å². The molecule has 0 bridgehead atoms. The second kappa shape index (κ2) is 5.35. The van der Waals surface area contributed by atoms with Gasteiger partial charge in [0.15, 0.2) is 0 Å². The molecule has 1 saturated heterocycles. The summed E-state index contributed by atoms with van der Waals surface area (Å²) in [5, 5.41) is 3.60. The van der Waals surface area contributed by atoms with E-state index in [1.807, 2.05) is 0 Å². The van der Waals surface area contributed by atoms with Crippen LogP contribution in [0.3, 0.4) is 0 Å². The van der Waals surface area contributed by atoms with Crippen molar-refractivity contribution in [3.63, 3.8) is 0 Å². The number of benzene rings is 1. The fraction of sp³-hybridized carbons (Fsp3) is 0.571. The standard InChI is InChI=1S/C14H22N2/c1-3-9-15-13-8-10-16(11-13)14-6-4-12(2)5-7-14/h4-7,13,15H,3,8-11H2,1-2H3. The van der Waals surface area contributed by atoms with Crippen LogP contribution in [0.4, 0.5) is 5.69 Å². The van der Waals surface area contributed by atoms with Crippen LogP contribution in [-0.4, -0.2) is 25.7 Å². The van der Waals surface area contributed by atoms with Crippen LogP contribution in [0.2, 0.25) is 0 Å². The number of aryl methyl sites for hydroxylation is 1. The van der Waals surface area contributed by atoms with Gasteiger partial charge in [-0.05, 0) is 38.4 Å². The van der Waals surface area contributed by atoms with Crippen molar-refractivity contribution in [2.75, 3.05) is 24.5 Å². The summed E-state index contributed by atoms with van der Waals surface area (Å²) < 4.78 is 0. The Morgan fingerprint density at radius 3 is 2.75 bits per heavy atom. The molecular formula is C14H22N2. The highest BCUT2D eigenvalue weighted by atomic mass is 15.2. The Bertz CT molecular complexity index is 318. The number of hydrogen-bond acceptors (Lipinski definition) is 2. The highest BCUT2D eigenvalue weighted by Gasteiger charge is 2.21. The van der Waals surface area contributed by atoms with Crippen molar-refractivity contribution in [2.24, 2.45) is 0 Å². The predicted molar refractivity (Wildman–Crippen MR) is 70.1 cm³/mol. The first-order valence-electron chi connectivity index (χ1n) is 6.34. The van der Waals surface area contributed by atoms with Gasteiger partial charge in [-0.2, -0.15) is 0 Å². The van der Waals surface area contributed by atoms with Crippen LogP contribution in [0.25, 0.3) is 0 Å². The van der Waals surface area contributed by atoms with Crippen molar-refractivity contribution in [1.29, 1.82) is 0 Å². The number of nitrogens with one attached hydrogen (secondary N) is 1. The minimum Gasteiger partial charge on any atom is -0.370 e. The van der Waals surface area contributed by atoms with Gasteiger partial charge < -0.3 is 10.2 Å². The van der Waals surface area contributed by atoms with Crippen molar-refractivity contribution in [3.8, 4) is 0 Å². The third-order valence-corrected chi connectivity index (χ3v) is 3.27. The fourth-order valence-corrected chi connectivity index (χ4v) is 2.27. The van der Waals surface area contributed by atoms with E-state index in [9.17, 15) is 0 Å². The molecule has 1 aliphatic heterocycles. The zero-order valence-electron chi connectivity index (χ0n) is 10.4. The van der Waals surface area contributed by atoms with Crippen LogP contribution in [0.5, 0.6) is 0 Å². The second-order valence-corrected chi connectivity index (χ2v) is 4.72. The Labute approximate surface area is 98.7 Å². The maximum Gasteiger partial charge on any atom is 0.0366 e. The van der Waals surface area contributed by atoms with Crippen LogP contribution in [0, 0.1) is 6.92 Å². The molecule has 0 amide bonds. The van der Waals surface area contributed by atoms with E-state index >= 15 is 0 Å². The number of nitrogens with zero attached hydrogens (tertiary/aromatic N) is 1. The molecule has 1 aliphatic rings. The van der Waals surface area contributed by atoms with Gasteiger partial charge in [0.05, 0.1) is 0 Å². The maximum absolute atomic E-state index is 3.60. The normalized spacial score (nSPS) is 20.4. The van der Waals surface area contributed by atoms with Crippen LogP contribution < -0.4 is 10.2 Å². The molecule has 16 heavy (non-hydrogen) atoms. The molecule has 0 radical (unpaired) electrons. The Morgan fingerprint density at radius 2 is 2.06 bits per heavy atom. The largest absolute Gasteiger partial charge is 0.370 e. The first-order valence-corrected chi connectivity index (χ1v) is 6.34. The zero-order valence-corrected chi connectivity index (χ0v) is 10.4. The lowest BCUT2D eigenvalue weighted by Crippen LogP contribution is -2.32. The third kappa shape index (κ3) is 2.76. The molecule has 88 valence electrons. The van der Waals surface area contributed by atoms with E-state index in [0.717, 1.165) is 13.1 Å². The first-order chi connectivity index (χ1) is 7.79. The Morgan fingerprint density at radius 1 is 1.31 bits per heavy atom. The van der Waals surface area contributed by atoms with Gasteiger partial charge >= 0.3 is 0 Å². The average Bonchev–Trinajstić information content (AvgIpc) is 2.76. The lowest BCUT2D eigenvalue weighted by atomic mass is 10.2. The highest BCUT2D eigenvalue weighted by molar-refractivity contribution is 5.48. The molecule has 1 unspecified atom stereocenters. The van der Waals surface area contributed by atoms with Gasteiger partial charge in [0.2, 0.25) is 0 Å². The highest BCUT2D eigenvalue weighted by Crippen LogP contribution is 2.20. The van der Waals surface area contributed by atoms with Gasteiger partial charge in [-0.3, -0.25) is 0 Å². The predicted octanol–water partition coefficient (Wildman–Crippen LogP) is 2.57. The molecule has 1 aromatic carbocycles. The van der Waals surface area contributed by atoms with Crippen LogP contribution in [0.15, 0.2) is 24.3 Å². The SMILES string of the molecule is CCCNC1CCN(c2ccc(C)cc2)C1. The van der Waals surface area contributed by atoms with Gasteiger partial charge in [0.1, 0.15) is 0 Å². The van der Waals surface area contributed by atoms with Crippen molar-refractivity contribution < 1.29 is 0 Å². The van der Waals surface area contributed by atoms with Crippen molar-refractivity contribution >= 4 is 5.69 Å². The van der Waals surface area contributed by atoms with Crippen molar-refractivity contribution in [3.05, 3.63) is 29.8 Å².